The summed E-state index contributed by atoms with van der Waals surface area (Å²) < 4.78 is 1.93. The van der Waals surface area contributed by atoms with Gasteiger partial charge in [-0.3, -0.25) is 4.79 Å². The van der Waals surface area contributed by atoms with Crippen molar-refractivity contribution >= 4 is 0 Å². The number of nitrogens with one attached hydrogen (secondary N) is 1. The summed E-state index contributed by atoms with van der Waals surface area (Å²) in [5, 5.41) is 3.33. The van der Waals surface area contributed by atoms with Gasteiger partial charge < -0.3 is 9.88 Å². The first-order chi connectivity index (χ1) is 10.6. The first-order valence-electron chi connectivity index (χ1n) is 8.15. The number of hydrogen-bond donors (Lipinski definition) is 1. The lowest BCUT2D eigenvalue weighted by molar-refractivity contribution is 0.571. The average molecular weight is 298 g/mol. The number of hydrogen-bond acceptors (Lipinski definition) is 2. The third-order valence-corrected chi connectivity index (χ3v) is 3.76. The van der Waals surface area contributed by atoms with Crippen molar-refractivity contribution in [1.82, 2.24) is 9.88 Å². The van der Waals surface area contributed by atoms with Crippen molar-refractivity contribution < 1.29 is 0 Å². The van der Waals surface area contributed by atoms with Crippen LogP contribution in [0.15, 0.2) is 47.3 Å². The van der Waals surface area contributed by atoms with E-state index < -0.39 is 0 Å². The van der Waals surface area contributed by atoms with E-state index in [2.05, 4.69) is 44.3 Å². The Morgan fingerprint density at radius 1 is 1.09 bits per heavy atom. The molecule has 0 atom stereocenters. The van der Waals surface area contributed by atoms with Crippen molar-refractivity contribution in [2.24, 2.45) is 0 Å². The minimum Gasteiger partial charge on any atom is -0.310 e. The molecule has 0 fully saturated rings. The number of unbranched alkanes of at least 4 members (excludes halogenated alkanes) is 1. The van der Waals surface area contributed by atoms with Gasteiger partial charge in [0.2, 0.25) is 0 Å². The zero-order valence-corrected chi connectivity index (χ0v) is 13.8. The Labute approximate surface area is 133 Å². The zero-order chi connectivity index (χ0) is 15.9. The molecule has 0 bridgehead atoms. The van der Waals surface area contributed by atoms with Crippen LogP contribution in [-0.4, -0.2) is 10.6 Å². The summed E-state index contributed by atoms with van der Waals surface area (Å²) in [7, 11) is 0. The molecule has 2 aromatic rings. The van der Waals surface area contributed by atoms with Gasteiger partial charge in [-0.2, -0.15) is 0 Å². The van der Waals surface area contributed by atoms with Crippen molar-refractivity contribution in [2.75, 3.05) is 0 Å². The van der Waals surface area contributed by atoms with Gasteiger partial charge in [-0.05, 0) is 18.1 Å². The number of benzene rings is 1. The summed E-state index contributed by atoms with van der Waals surface area (Å²) in [5.41, 5.74) is 3.07. The molecule has 0 saturated heterocycles. The molecule has 0 amide bonds. The quantitative estimate of drug-likeness (QED) is 0.843. The van der Waals surface area contributed by atoms with E-state index in [0.717, 1.165) is 36.2 Å². The summed E-state index contributed by atoms with van der Waals surface area (Å²) in [6.45, 7) is 7.73. The van der Waals surface area contributed by atoms with Crippen LogP contribution in [0.25, 0.3) is 11.3 Å². The molecule has 0 aliphatic carbocycles. The van der Waals surface area contributed by atoms with E-state index in [4.69, 9.17) is 0 Å². The lowest BCUT2D eigenvalue weighted by Gasteiger charge is -2.15. The Bertz CT molecular complexity index is 644. The highest BCUT2D eigenvalue weighted by molar-refractivity contribution is 5.59. The van der Waals surface area contributed by atoms with Crippen LogP contribution < -0.4 is 10.9 Å². The van der Waals surface area contributed by atoms with Gasteiger partial charge in [0.15, 0.2) is 0 Å². The maximum absolute atomic E-state index is 12.8. The van der Waals surface area contributed by atoms with Gasteiger partial charge in [-0.1, -0.05) is 63.6 Å². The first kappa shape index (κ1) is 16.5. The molecule has 1 aromatic carbocycles. The van der Waals surface area contributed by atoms with Crippen LogP contribution in [-0.2, 0) is 13.1 Å². The van der Waals surface area contributed by atoms with Crippen LogP contribution in [0.1, 0.15) is 39.2 Å². The summed E-state index contributed by atoms with van der Waals surface area (Å²) in [6.07, 6.45) is 2.09. The van der Waals surface area contributed by atoms with E-state index >= 15 is 0 Å². The van der Waals surface area contributed by atoms with E-state index in [-0.39, 0.29) is 5.56 Å². The summed E-state index contributed by atoms with van der Waals surface area (Å²) in [5.74, 6) is 0. The van der Waals surface area contributed by atoms with Crippen LogP contribution >= 0.6 is 0 Å². The normalized spacial score (nSPS) is 11.1. The summed E-state index contributed by atoms with van der Waals surface area (Å²) >= 11 is 0. The van der Waals surface area contributed by atoms with Crippen molar-refractivity contribution in [1.29, 1.82) is 0 Å². The lowest BCUT2D eigenvalue weighted by atomic mass is 10.1. The van der Waals surface area contributed by atoms with Gasteiger partial charge in [0, 0.05) is 24.7 Å². The fourth-order valence-corrected chi connectivity index (χ4v) is 2.47. The van der Waals surface area contributed by atoms with Crippen LogP contribution in [0.5, 0.6) is 0 Å². The fraction of sp³-hybridized carbons (Fsp3) is 0.421. The molecular weight excluding hydrogens is 272 g/mol. The van der Waals surface area contributed by atoms with Crippen LogP contribution in [0.2, 0.25) is 0 Å². The molecule has 3 heteroatoms. The predicted octanol–water partition coefficient (Wildman–Crippen LogP) is 3.81. The molecule has 22 heavy (non-hydrogen) atoms. The van der Waals surface area contributed by atoms with Crippen molar-refractivity contribution in [2.45, 2.75) is 52.7 Å². The third kappa shape index (κ3) is 4.08. The van der Waals surface area contributed by atoms with Crippen LogP contribution in [0.4, 0.5) is 0 Å². The van der Waals surface area contributed by atoms with Gasteiger partial charge in [-0.15, -0.1) is 0 Å². The standard InChI is InChI=1S/C19H26N2O/c1-4-5-13-21-18(16-9-7-6-8-10-16)12-11-17(19(21)22)14-20-15(2)3/h6-12,15,20H,4-5,13-14H2,1-3H3. The molecule has 1 heterocycles. The molecule has 0 spiro atoms. The maximum Gasteiger partial charge on any atom is 0.255 e. The Hall–Kier alpha value is -1.87. The van der Waals surface area contributed by atoms with Gasteiger partial charge in [0.05, 0.1) is 5.69 Å². The predicted molar refractivity (Wildman–Crippen MR) is 93.0 cm³/mol. The molecule has 0 aliphatic heterocycles. The maximum atomic E-state index is 12.8. The van der Waals surface area contributed by atoms with Crippen molar-refractivity contribution in [3.63, 3.8) is 0 Å². The molecule has 2 rings (SSSR count). The Kier molecular flexibility index (Phi) is 5.96. The van der Waals surface area contributed by atoms with E-state index in [1.807, 2.05) is 28.8 Å². The molecule has 0 unspecified atom stereocenters. The van der Waals surface area contributed by atoms with E-state index in [0.29, 0.717) is 12.6 Å². The summed E-state index contributed by atoms with van der Waals surface area (Å²) in [6, 6.07) is 14.5. The highest BCUT2D eigenvalue weighted by atomic mass is 16.1. The smallest absolute Gasteiger partial charge is 0.255 e. The number of rotatable bonds is 7. The summed E-state index contributed by atoms with van der Waals surface area (Å²) in [4.78, 5) is 12.8. The number of pyridine rings is 1. The van der Waals surface area contributed by atoms with Crippen molar-refractivity contribution in [3.8, 4) is 11.3 Å². The van der Waals surface area contributed by atoms with Crippen LogP contribution in [0, 0.1) is 0 Å². The van der Waals surface area contributed by atoms with Gasteiger partial charge in [0.1, 0.15) is 0 Å². The Balaban J connectivity index is 2.41. The monoisotopic (exact) mass is 298 g/mol. The molecule has 1 aromatic heterocycles. The zero-order valence-electron chi connectivity index (χ0n) is 13.8. The minimum atomic E-state index is 0.128. The molecule has 0 aliphatic rings. The lowest BCUT2D eigenvalue weighted by Crippen LogP contribution is -2.30. The van der Waals surface area contributed by atoms with Gasteiger partial charge in [0.25, 0.3) is 5.56 Å². The second-order valence-corrected chi connectivity index (χ2v) is 5.96. The second-order valence-electron chi connectivity index (χ2n) is 5.96. The SMILES string of the molecule is CCCCn1c(-c2ccccc2)ccc(CNC(C)C)c1=O. The molecule has 3 nitrogen and oxygen atoms in total. The Morgan fingerprint density at radius 2 is 1.82 bits per heavy atom. The molecule has 0 radical (unpaired) electrons. The van der Waals surface area contributed by atoms with Gasteiger partial charge >= 0.3 is 0 Å². The van der Waals surface area contributed by atoms with Crippen LogP contribution in [0.3, 0.4) is 0 Å². The number of aromatic nitrogens is 1. The largest absolute Gasteiger partial charge is 0.310 e. The molecular formula is C19H26N2O. The molecule has 118 valence electrons. The molecule has 0 saturated carbocycles. The van der Waals surface area contributed by atoms with E-state index in [1.54, 1.807) is 0 Å². The van der Waals surface area contributed by atoms with E-state index in [9.17, 15) is 4.79 Å². The first-order valence-corrected chi connectivity index (χ1v) is 8.15. The Morgan fingerprint density at radius 3 is 2.45 bits per heavy atom. The van der Waals surface area contributed by atoms with Gasteiger partial charge in [-0.25, -0.2) is 0 Å². The second kappa shape index (κ2) is 7.95. The average Bonchev–Trinajstić information content (AvgIpc) is 2.53. The highest BCUT2D eigenvalue weighted by Gasteiger charge is 2.10. The third-order valence-electron chi connectivity index (χ3n) is 3.76. The number of nitrogens with zero attached hydrogens (tertiary/aromatic N) is 1. The fourth-order valence-electron chi connectivity index (χ4n) is 2.47. The van der Waals surface area contributed by atoms with E-state index in [1.165, 1.54) is 0 Å². The molecule has 1 N–H and O–H groups in total. The topological polar surface area (TPSA) is 34.0 Å². The highest BCUT2D eigenvalue weighted by Crippen LogP contribution is 2.18. The minimum absolute atomic E-state index is 0.128. The van der Waals surface area contributed by atoms with Crippen molar-refractivity contribution in [3.05, 3.63) is 58.4 Å².